The molecule has 0 aliphatic heterocycles. The van der Waals surface area contributed by atoms with Crippen molar-refractivity contribution in [1.82, 2.24) is 15.0 Å². The second kappa shape index (κ2) is 14.1. The fourth-order valence-corrected chi connectivity index (χ4v) is 9.87. The monoisotopic (exact) mass is 775 g/mol. The van der Waals surface area contributed by atoms with Gasteiger partial charge in [-0.25, -0.2) is 15.0 Å². The Balaban J connectivity index is 1.02. The third-order valence-corrected chi connectivity index (χ3v) is 12.6. The normalized spacial score (nSPS) is 12.7. The summed E-state index contributed by atoms with van der Waals surface area (Å²) in [6, 6.07) is 80.4. The van der Waals surface area contributed by atoms with Crippen LogP contribution in [0.1, 0.15) is 22.3 Å². The van der Waals surface area contributed by atoms with Crippen LogP contribution in [-0.4, -0.2) is 15.0 Å². The number of hydrogen-bond donors (Lipinski definition) is 0. The van der Waals surface area contributed by atoms with Gasteiger partial charge in [0, 0.05) is 16.7 Å². The molecule has 0 bridgehead atoms. The summed E-state index contributed by atoms with van der Waals surface area (Å²) in [4.78, 5) is 15.6. The molecule has 1 spiro atoms. The molecule has 0 N–H and O–H groups in total. The van der Waals surface area contributed by atoms with E-state index >= 15 is 0 Å². The van der Waals surface area contributed by atoms with Crippen molar-refractivity contribution in [3.63, 3.8) is 0 Å². The average Bonchev–Trinajstić information content (AvgIpc) is 3.82. The zero-order chi connectivity index (χ0) is 40.3. The van der Waals surface area contributed by atoms with Crippen molar-refractivity contribution >= 4 is 0 Å². The first-order chi connectivity index (χ1) is 30.2. The highest BCUT2D eigenvalue weighted by Crippen LogP contribution is 2.64. The molecule has 1 aromatic heterocycles. The molecule has 0 saturated carbocycles. The van der Waals surface area contributed by atoms with Gasteiger partial charge in [-0.05, 0) is 84.0 Å². The predicted molar refractivity (Wildman–Crippen MR) is 249 cm³/mol. The van der Waals surface area contributed by atoms with Crippen molar-refractivity contribution < 1.29 is 0 Å². The van der Waals surface area contributed by atoms with E-state index in [1.54, 1.807) is 0 Å². The SMILES string of the molecule is c1ccc(-c2ccc(-c3nc(-c4ccc(-c5ccccc5)cc4)nc(-c4cccc(-c5cccc6c5C5(c7ccccc7-c7ccccc75)c5ccccc5-6)c4)n3)cc2)cc1. The Labute approximate surface area is 355 Å². The van der Waals surface area contributed by atoms with Crippen LogP contribution in [-0.2, 0) is 5.41 Å². The lowest BCUT2D eigenvalue weighted by atomic mass is 9.68. The Morgan fingerprint density at radius 1 is 0.230 bits per heavy atom. The maximum atomic E-state index is 5.21. The van der Waals surface area contributed by atoms with Gasteiger partial charge in [-0.3, -0.25) is 0 Å². The fourth-order valence-electron chi connectivity index (χ4n) is 9.87. The van der Waals surface area contributed by atoms with E-state index in [4.69, 9.17) is 15.0 Å². The summed E-state index contributed by atoms with van der Waals surface area (Å²) in [5, 5.41) is 0. The molecule has 0 radical (unpaired) electrons. The number of fused-ring (bicyclic) bond motifs is 10. The van der Waals surface area contributed by atoms with Crippen LogP contribution >= 0.6 is 0 Å². The largest absolute Gasteiger partial charge is 0.208 e. The fraction of sp³-hybridized carbons (Fsp3) is 0.0172. The standard InChI is InChI=1S/C58H37N3/c1-3-15-38(16-4-1)40-29-33-42(34-30-40)55-59-56(43-35-31-41(32-36-43)39-17-5-2-6-18-39)61-57(60-55)45-20-13-19-44(37-45)46-24-14-25-50-49-23-9-12-28-53(49)58(54(46)50)51-26-10-7-21-47(51)48-22-8-11-27-52(48)58/h1-37H. The molecule has 284 valence electrons. The number of hydrogen-bond acceptors (Lipinski definition) is 3. The molecular weight excluding hydrogens is 739 g/mol. The summed E-state index contributed by atoms with van der Waals surface area (Å²) < 4.78 is 0. The van der Waals surface area contributed by atoms with Crippen molar-refractivity contribution in [2.75, 3.05) is 0 Å². The molecule has 12 rings (SSSR count). The van der Waals surface area contributed by atoms with E-state index < -0.39 is 5.41 Å². The van der Waals surface area contributed by atoms with Gasteiger partial charge in [0.05, 0.1) is 5.41 Å². The summed E-state index contributed by atoms with van der Waals surface area (Å²) in [6.07, 6.45) is 0. The van der Waals surface area contributed by atoms with Gasteiger partial charge in [0.15, 0.2) is 17.5 Å². The zero-order valence-corrected chi connectivity index (χ0v) is 33.2. The molecular formula is C58H37N3. The van der Waals surface area contributed by atoms with E-state index in [1.165, 1.54) is 61.2 Å². The van der Waals surface area contributed by atoms with Crippen molar-refractivity contribution in [2.24, 2.45) is 0 Å². The van der Waals surface area contributed by atoms with Gasteiger partial charge in [-0.15, -0.1) is 0 Å². The minimum absolute atomic E-state index is 0.461. The molecule has 1 heterocycles. The number of aromatic nitrogens is 3. The molecule has 0 amide bonds. The van der Waals surface area contributed by atoms with Gasteiger partial charge in [-0.1, -0.05) is 218 Å². The van der Waals surface area contributed by atoms with Crippen LogP contribution in [0.4, 0.5) is 0 Å². The topological polar surface area (TPSA) is 38.7 Å². The Kier molecular flexibility index (Phi) is 8.07. The molecule has 10 aromatic rings. The molecule has 3 nitrogen and oxygen atoms in total. The van der Waals surface area contributed by atoms with Crippen LogP contribution in [0, 0.1) is 0 Å². The summed E-state index contributed by atoms with van der Waals surface area (Å²) in [6.45, 7) is 0. The highest BCUT2D eigenvalue weighted by Gasteiger charge is 2.52. The second-order valence-electron chi connectivity index (χ2n) is 15.9. The van der Waals surface area contributed by atoms with Gasteiger partial charge in [0.25, 0.3) is 0 Å². The van der Waals surface area contributed by atoms with Crippen LogP contribution in [0.3, 0.4) is 0 Å². The molecule has 0 unspecified atom stereocenters. The third kappa shape index (κ3) is 5.55. The van der Waals surface area contributed by atoms with Crippen LogP contribution in [0.15, 0.2) is 224 Å². The molecule has 9 aromatic carbocycles. The minimum Gasteiger partial charge on any atom is -0.208 e. The van der Waals surface area contributed by atoms with Crippen molar-refractivity contribution in [3.05, 3.63) is 247 Å². The van der Waals surface area contributed by atoms with E-state index in [-0.39, 0.29) is 0 Å². The minimum atomic E-state index is -0.461. The molecule has 3 heteroatoms. The summed E-state index contributed by atoms with van der Waals surface area (Å²) in [5.41, 5.74) is 19.7. The molecule has 0 atom stereocenters. The maximum absolute atomic E-state index is 5.21. The number of benzene rings is 9. The first kappa shape index (κ1) is 35.0. The molecule has 2 aliphatic rings. The van der Waals surface area contributed by atoms with Gasteiger partial charge >= 0.3 is 0 Å². The van der Waals surface area contributed by atoms with E-state index in [2.05, 4.69) is 212 Å². The van der Waals surface area contributed by atoms with E-state index in [9.17, 15) is 0 Å². The lowest BCUT2D eigenvalue weighted by molar-refractivity contribution is 0.796. The third-order valence-electron chi connectivity index (χ3n) is 12.6. The number of nitrogens with zero attached hydrogens (tertiary/aromatic N) is 3. The van der Waals surface area contributed by atoms with Crippen LogP contribution < -0.4 is 0 Å². The van der Waals surface area contributed by atoms with Crippen LogP contribution in [0.5, 0.6) is 0 Å². The predicted octanol–water partition coefficient (Wildman–Crippen LogP) is 14.2. The van der Waals surface area contributed by atoms with E-state index in [0.29, 0.717) is 17.5 Å². The molecule has 0 saturated heterocycles. The smallest absolute Gasteiger partial charge is 0.164 e. The summed E-state index contributed by atoms with van der Waals surface area (Å²) in [7, 11) is 0. The molecule has 2 aliphatic carbocycles. The van der Waals surface area contributed by atoms with Crippen LogP contribution in [0.25, 0.3) is 89.8 Å². The van der Waals surface area contributed by atoms with Crippen molar-refractivity contribution in [1.29, 1.82) is 0 Å². The van der Waals surface area contributed by atoms with E-state index in [0.717, 1.165) is 33.4 Å². The molecule has 0 fully saturated rings. The highest BCUT2D eigenvalue weighted by molar-refractivity contribution is 5.99. The maximum Gasteiger partial charge on any atom is 0.164 e. The van der Waals surface area contributed by atoms with E-state index in [1.807, 2.05) is 12.1 Å². The quantitative estimate of drug-likeness (QED) is 0.169. The number of rotatable bonds is 6. The van der Waals surface area contributed by atoms with Gasteiger partial charge < -0.3 is 0 Å². The average molecular weight is 776 g/mol. The second-order valence-corrected chi connectivity index (χ2v) is 15.9. The first-order valence-corrected chi connectivity index (χ1v) is 20.9. The Bertz CT molecular complexity index is 3110. The van der Waals surface area contributed by atoms with Gasteiger partial charge in [0.2, 0.25) is 0 Å². The highest BCUT2D eigenvalue weighted by atomic mass is 15.0. The Morgan fingerprint density at radius 3 is 1.07 bits per heavy atom. The lowest BCUT2D eigenvalue weighted by Gasteiger charge is -2.32. The lowest BCUT2D eigenvalue weighted by Crippen LogP contribution is -2.26. The molecule has 61 heavy (non-hydrogen) atoms. The van der Waals surface area contributed by atoms with Crippen molar-refractivity contribution in [3.8, 4) is 89.8 Å². The Hall–Kier alpha value is -8.01. The summed E-state index contributed by atoms with van der Waals surface area (Å²) in [5.74, 6) is 1.89. The van der Waals surface area contributed by atoms with Gasteiger partial charge in [-0.2, -0.15) is 0 Å². The Morgan fingerprint density at radius 2 is 0.557 bits per heavy atom. The first-order valence-electron chi connectivity index (χ1n) is 20.9. The summed E-state index contributed by atoms with van der Waals surface area (Å²) >= 11 is 0. The van der Waals surface area contributed by atoms with Gasteiger partial charge in [0.1, 0.15) is 0 Å². The van der Waals surface area contributed by atoms with Crippen LogP contribution in [0.2, 0.25) is 0 Å². The zero-order valence-electron chi connectivity index (χ0n) is 33.2. The van der Waals surface area contributed by atoms with Crippen molar-refractivity contribution in [2.45, 2.75) is 5.41 Å².